The van der Waals surface area contributed by atoms with Gasteiger partial charge in [-0.1, -0.05) is 19.1 Å². The lowest BCUT2D eigenvalue weighted by atomic mass is 10.1. The molecule has 26 heavy (non-hydrogen) atoms. The Balaban J connectivity index is 2.20. The monoisotopic (exact) mass is 360 g/mol. The molecule has 8 nitrogen and oxygen atoms in total. The fraction of sp³-hybridized carbons (Fsp3) is 0.389. The number of benzene rings is 1. The number of anilines is 1. The van der Waals surface area contributed by atoms with Crippen molar-refractivity contribution in [3.8, 4) is 5.75 Å². The molecule has 1 aromatic heterocycles. The van der Waals surface area contributed by atoms with Crippen LogP contribution in [-0.2, 0) is 13.1 Å². The maximum atomic E-state index is 12.6. The van der Waals surface area contributed by atoms with Crippen molar-refractivity contribution in [3.05, 3.63) is 56.2 Å². The molecule has 1 heterocycles. The van der Waals surface area contributed by atoms with Gasteiger partial charge in [-0.2, -0.15) is 0 Å². The highest BCUT2D eigenvalue weighted by molar-refractivity contribution is 6.01. The third-order valence-corrected chi connectivity index (χ3v) is 3.97. The molecule has 2 rings (SSSR count). The number of hydrogen-bond donors (Lipinski definition) is 2. The Kier molecular flexibility index (Phi) is 6.35. The number of aromatic amines is 1. The highest BCUT2D eigenvalue weighted by Gasteiger charge is 2.20. The number of carbonyl (C=O) groups excluding carboxylic acids is 1. The highest BCUT2D eigenvalue weighted by atomic mass is 16.5. The summed E-state index contributed by atoms with van der Waals surface area (Å²) < 4.78 is 6.40. The molecule has 0 aliphatic heterocycles. The third kappa shape index (κ3) is 4.40. The van der Waals surface area contributed by atoms with Gasteiger partial charge in [-0.05, 0) is 31.2 Å². The van der Waals surface area contributed by atoms with Crippen LogP contribution >= 0.6 is 0 Å². The van der Waals surface area contributed by atoms with Crippen molar-refractivity contribution in [2.75, 3.05) is 26.4 Å². The third-order valence-electron chi connectivity index (χ3n) is 3.97. The van der Waals surface area contributed by atoms with Crippen molar-refractivity contribution in [1.29, 1.82) is 0 Å². The zero-order valence-corrected chi connectivity index (χ0v) is 15.2. The van der Waals surface area contributed by atoms with Gasteiger partial charge in [-0.15, -0.1) is 0 Å². The molecule has 3 N–H and O–H groups in total. The van der Waals surface area contributed by atoms with E-state index in [4.69, 9.17) is 10.5 Å². The molecule has 0 aliphatic rings. The first-order valence-corrected chi connectivity index (χ1v) is 8.34. The Hall–Kier alpha value is -2.87. The number of ether oxygens (including phenoxy) is 1. The van der Waals surface area contributed by atoms with Gasteiger partial charge in [0.2, 0.25) is 0 Å². The van der Waals surface area contributed by atoms with E-state index in [1.54, 1.807) is 19.1 Å². The van der Waals surface area contributed by atoms with Gasteiger partial charge >= 0.3 is 5.69 Å². The minimum atomic E-state index is -0.750. The smallest absolute Gasteiger partial charge is 0.329 e. The molecule has 2 aromatic rings. The van der Waals surface area contributed by atoms with E-state index in [9.17, 15) is 14.4 Å². The van der Waals surface area contributed by atoms with E-state index in [0.29, 0.717) is 19.5 Å². The Bertz CT molecular complexity index is 901. The van der Waals surface area contributed by atoms with Crippen LogP contribution in [-0.4, -0.2) is 40.9 Å². The summed E-state index contributed by atoms with van der Waals surface area (Å²) in [4.78, 5) is 40.5. The molecule has 0 saturated carbocycles. The molecular formula is C18H24N4O4. The summed E-state index contributed by atoms with van der Waals surface area (Å²) >= 11 is 0. The summed E-state index contributed by atoms with van der Waals surface area (Å²) in [6, 6.07) is 7.51. The predicted octanol–water partition coefficient (Wildman–Crippen LogP) is 0.852. The summed E-state index contributed by atoms with van der Waals surface area (Å²) in [5.74, 6) is 0.217. The maximum absolute atomic E-state index is 12.6. The number of nitrogens with zero attached hydrogens (tertiary/aromatic N) is 2. The second-order valence-electron chi connectivity index (χ2n) is 6.12. The number of likely N-dealkylation sites (N-methyl/N-ethyl adjacent to an activating group) is 1. The molecule has 0 aliphatic carbocycles. The normalized spacial score (nSPS) is 10.9. The maximum Gasteiger partial charge on any atom is 0.329 e. The minimum absolute atomic E-state index is 0.00514. The number of nitrogens with one attached hydrogen (secondary N) is 1. The number of nitrogens with two attached hydrogens (primary N) is 1. The van der Waals surface area contributed by atoms with E-state index in [2.05, 4.69) is 4.98 Å². The first kappa shape index (κ1) is 19.5. The molecule has 0 atom stereocenters. The second kappa shape index (κ2) is 8.48. The van der Waals surface area contributed by atoms with E-state index in [1.807, 2.05) is 31.2 Å². The lowest BCUT2D eigenvalue weighted by molar-refractivity contribution is 0.0941. The summed E-state index contributed by atoms with van der Waals surface area (Å²) in [6.45, 7) is 2.70. The van der Waals surface area contributed by atoms with Crippen LogP contribution in [0, 0.1) is 0 Å². The fourth-order valence-electron chi connectivity index (χ4n) is 2.77. The van der Waals surface area contributed by atoms with Crippen LogP contribution in [0.25, 0.3) is 0 Å². The van der Waals surface area contributed by atoms with Gasteiger partial charge in [0.1, 0.15) is 17.1 Å². The average Bonchev–Trinajstić information content (AvgIpc) is 2.58. The summed E-state index contributed by atoms with van der Waals surface area (Å²) in [5, 5.41) is 0. The average molecular weight is 360 g/mol. The van der Waals surface area contributed by atoms with Gasteiger partial charge < -0.3 is 10.5 Å². The predicted molar refractivity (Wildman–Crippen MR) is 99.7 cm³/mol. The number of Topliss-reactive ketones (excluding diaryl/α,β-unsaturated/α-hetero) is 1. The fourth-order valence-corrected chi connectivity index (χ4v) is 2.77. The zero-order valence-electron chi connectivity index (χ0n) is 15.2. The van der Waals surface area contributed by atoms with Crippen molar-refractivity contribution in [3.63, 3.8) is 0 Å². The van der Waals surface area contributed by atoms with Crippen LogP contribution in [0.15, 0.2) is 33.9 Å². The van der Waals surface area contributed by atoms with Crippen molar-refractivity contribution < 1.29 is 9.53 Å². The van der Waals surface area contributed by atoms with Crippen molar-refractivity contribution in [2.45, 2.75) is 26.4 Å². The van der Waals surface area contributed by atoms with Gasteiger partial charge in [-0.3, -0.25) is 24.0 Å². The number of rotatable bonds is 8. The number of H-pyrrole nitrogens is 1. The molecule has 0 bridgehead atoms. The van der Waals surface area contributed by atoms with Crippen molar-refractivity contribution in [1.82, 2.24) is 14.5 Å². The Morgan fingerprint density at radius 3 is 2.73 bits per heavy atom. The molecule has 0 saturated heterocycles. The van der Waals surface area contributed by atoms with E-state index in [-0.39, 0.29) is 17.9 Å². The van der Waals surface area contributed by atoms with Crippen LogP contribution < -0.4 is 21.7 Å². The van der Waals surface area contributed by atoms with Crippen LogP contribution in [0.2, 0.25) is 0 Å². The Labute approximate surface area is 151 Å². The van der Waals surface area contributed by atoms with Crippen molar-refractivity contribution in [2.24, 2.45) is 0 Å². The topological polar surface area (TPSA) is 110 Å². The molecule has 1 aromatic carbocycles. The summed E-state index contributed by atoms with van der Waals surface area (Å²) in [7, 11) is 3.36. The highest BCUT2D eigenvalue weighted by Crippen LogP contribution is 2.14. The van der Waals surface area contributed by atoms with Crippen LogP contribution in [0.3, 0.4) is 0 Å². The SMILES string of the molecule is CCCn1c(N)c(C(=O)CN(C)Cc2cccc(OC)c2)c(=O)[nH]c1=O. The first-order chi connectivity index (χ1) is 12.4. The van der Waals surface area contributed by atoms with E-state index in [1.165, 1.54) is 4.57 Å². The molecule has 0 amide bonds. The lowest BCUT2D eigenvalue weighted by Crippen LogP contribution is -2.38. The van der Waals surface area contributed by atoms with E-state index in [0.717, 1.165) is 11.3 Å². The van der Waals surface area contributed by atoms with Crippen LogP contribution in [0.5, 0.6) is 5.75 Å². The number of hydrogen-bond acceptors (Lipinski definition) is 6. The number of aromatic nitrogens is 2. The number of nitrogen functional groups attached to an aromatic ring is 1. The number of ketones is 1. The van der Waals surface area contributed by atoms with Gasteiger partial charge in [-0.25, -0.2) is 4.79 Å². The van der Waals surface area contributed by atoms with Gasteiger partial charge in [0, 0.05) is 13.1 Å². The molecular weight excluding hydrogens is 336 g/mol. The summed E-state index contributed by atoms with van der Waals surface area (Å²) in [6.07, 6.45) is 0.652. The van der Waals surface area contributed by atoms with Crippen molar-refractivity contribution >= 4 is 11.6 Å². The second-order valence-corrected chi connectivity index (χ2v) is 6.12. The van der Waals surface area contributed by atoms with Gasteiger partial charge in [0.15, 0.2) is 5.78 Å². The lowest BCUT2D eigenvalue weighted by Gasteiger charge is -2.17. The summed E-state index contributed by atoms with van der Waals surface area (Å²) in [5.41, 5.74) is 5.37. The number of methoxy groups -OCH3 is 1. The first-order valence-electron chi connectivity index (χ1n) is 8.34. The molecule has 140 valence electrons. The van der Waals surface area contributed by atoms with Gasteiger partial charge in [0.05, 0.1) is 13.7 Å². The molecule has 0 fully saturated rings. The Morgan fingerprint density at radius 1 is 1.35 bits per heavy atom. The molecule has 0 radical (unpaired) electrons. The van der Waals surface area contributed by atoms with Gasteiger partial charge in [0.25, 0.3) is 5.56 Å². The quantitative estimate of drug-likeness (QED) is 0.675. The van der Waals surface area contributed by atoms with E-state index < -0.39 is 17.0 Å². The van der Waals surface area contributed by atoms with Crippen LogP contribution in [0.1, 0.15) is 29.3 Å². The van der Waals surface area contributed by atoms with E-state index >= 15 is 0 Å². The molecule has 0 unspecified atom stereocenters. The Morgan fingerprint density at radius 2 is 2.08 bits per heavy atom. The standard InChI is InChI=1S/C18H24N4O4/c1-4-8-22-16(19)15(17(24)20-18(22)25)14(23)11-21(2)10-12-6-5-7-13(9-12)26-3/h5-7,9H,4,8,10-11,19H2,1-3H3,(H,20,24,25). The largest absolute Gasteiger partial charge is 0.497 e. The molecule has 8 heteroatoms. The zero-order chi connectivity index (χ0) is 19.3. The number of carbonyl (C=O) groups is 1. The molecule has 0 spiro atoms. The van der Waals surface area contributed by atoms with Crippen LogP contribution in [0.4, 0.5) is 5.82 Å². The minimum Gasteiger partial charge on any atom is -0.497 e.